The van der Waals surface area contributed by atoms with Gasteiger partial charge in [-0.3, -0.25) is 4.79 Å². The Morgan fingerprint density at radius 2 is 1.83 bits per heavy atom. The van der Waals surface area contributed by atoms with E-state index < -0.39 is 6.10 Å². The molecule has 1 atom stereocenters. The summed E-state index contributed by atoms with van der Waals surface area (Å²) in [6.45, 7) is 6.67. The lowest BCUT2D eigenvalue weighted by molar-refractivity contribution is -0.127. The van der Waals surface area contributed by atoms with Crippen molar-refractivity contribution in [1.29, 1.82) is 0 Å². The van der Waals surface area contributed by atoms with E-state index in [1.807, 2.05) is 0 Å². The summed E-state index contributed by atoms with van der Waals surface area (Å²) in [6, 6.07) is 15.6. The summed E-state index contributed by atoms with van der Waals surface area (Å²) in [5, 5.41) is 3.49. The van der Waals surface area contributed by atoms with Crippen LogP contribution in [0.15, 0.2) is 48.5 Å². The summed E-state index contributed by atoms with van der Waals surface area (Å²) in [4.78, 5) is 12.1. The average Bonchev–Trinajstić information content (AvgIpc) is 2.55. The lowest BCUT2D eigenvalue weighted by Gasteiger charge is -2.15. The van der Waals surface area contributed by atoms with Crippen molar-refractivity contribution in [1.82, 2.24) is 5.32 Å². The number of hydrogen-bond acceptors (Lipinski definition) is 2. The molecule has 0 aliphatic heterocycles. The molecule has 0 radical (unpaired) electrons. The quantitative estimate of drug-likeness (QED) is 0.797. The number of carbonyl (C=O) groups excluding carboxylic acids is 1. The molecule has 0 saturated heterocycles. The molecule has 24 heavy (non-hydrogen) atoms. The first kappa shape index (κ1) is 18.3. The van der Waals surface area contributed by atoms with E-state index in [9.17, 15) is 4.79 Å². The summed E-state index contributed by atoms with van der Waals surface area (Å²) in [5.74, 6) is 0.992. The molecule has 0 aliphatic carbocycles. The molecule has 0 aromatic heterocycles. The van der Waals surface area contributed by atoms with Gasteiger partial charge in [-0.25, -0.2) is 0 Å². The van der Waals surface area contributed by atoms with Gasteiger partial charge in [-0.15, -0.1) is 0 Å². The highest BCUT2D eigenvalue weighted by Crippen LogP contribution is 2.18. The fourth-order valence-corrected chi connectivity index (χ4v) is 2.52. The number of benzene rings is 2. The van der Waals surface area contributed by atoms with E-state index in [4.69, 9.17) is 16.3 Å². The first-order valence-corrected chi connectivity index (χ1v) is 8.62. The largest absolute Gasteiger partial charge is 0.481 e. The van der Waals surface area contributed by atoms with Gasteiger partial charge >= 0.3 is 0 Å². The zero-order chi connectivity index (χ0) is 17.5. The zero-order valence-electron chi connectivity index (χ0n) is 14.4. The molecule has 2 aromatic rings. The molecule has 0 aliphatic rings. The Bertz CT molecular complexity index is 668. The average molecular weight is 346 g/mol. The minimum Gasteiger partial charge on any atom is -0.481 e. The second-order valence-electron chi connectivity index (χ2n) is 6.15. The van der Waals surface area contributed by atoms with Crippen LogP contribution in [0.25, 0.3) is 0 Å². The summed E-state index contributed by atoms with van der Waals surface area (Å²) in [6.07, 6.45) is 0.236. The van der Waals surface area contributed by atoms with Crippen LogP contribution in [0.5, 0.6) is 5.75 Å². The molecular weight excluding hydrogens is 322 g/mol. The van der Waals surface area contributed by atoms with Crippen molar-refractivity contribution < 1.29 is 9.53 Å². The summed E-state index contributed by atoms with van der Waals surface area (Å²) < 4.78 is 5.61. The van der Waals surface area contributed by atoms with Crippen molar-refractivity contribution in [3.05, 3.63) is 64.7 Å². The Morgan fingerprint density at radius 3 is 2.46 bits per heavy atom. The maximum atomic E-state index is 12.1. The Hall–Kier alpha value is -2.00. The van der Waals surface area contributed by atoms with Gasteiger partial charge < -0.3 is 10.1 Å². The molecule has 3 nitrogen and oxygen atoms in total. The highest BCUT2D eigenvalue weighted by atomic mass is 35.5. The van der Waals surface area contributed by atoms with Gasteiger partial charge in [0.25, 0.3) is 5.91 Å². The van der Waals surface area contributed by atoms with Crippen LogP contribution in [0.2, 0.25) is 5.02 Å². The van der Waals surface area contributed by atoms with Crippen LogP contribution in [0, 0.1) is 0 Å². The number of carbonyl (C=O) groups is 1. The van der Waals surface area contributed by atoms with Crippen molar-refractivity contribution in [2.75, 3.05) is 6.54 Å². The van der Waals surface area contributed by atoms with E-state index in [-0.39, 0.29) is 5.91 Å². The molecule has 2 rings (SSSR count). The Balaban J connectivity index is 1.78. The van der Waals surface area contributed by atoms with Crippen molar-refractivity contribution in [3.8, 4) is 5.75 Å². The van der Waals surface area contributed by atoms with E-state index in [0.29, 0.717) is 23.2 Å². The maximum absolute atomic E-state index is 12.1. The molecule has 4 heteroatoms. The van der Waals surface area contributed by atoms with E-state index in [2.05, 4.69) is 43.4 Å². The predicted molar refractivity (Wildman–Crippen MR) is 98.8 cm³/mol. The molecule has 1 N–H and O–H groups in total. The molecule has 1 amide bonds. The smallest absolute Gasteiger partial charge is 0.260 e. The lowest BCUT2D eigenvalue weighted by atomic mass is 10.0. The number of amides is 1. The van der Waals surface area contributed by atoms with Gasteiger partial charge in [0.15, 0.2) is 6.10 Å². The highest BCUT2D eigenvalue weighted by Gasteiger charge is 2.14. The van der Waals surface area contributed by atoms with Crippen molar-refractivity contribution in [2.45, 2.75) is 39.2 Å². The molecule has 128 valence electrons. The molecule has 2 aromatic carbocycles. The Morgan fingerprint density at radius 1 is 1.12 bits per heavy atom. The maximum Gasteiger partial charge on any atom is 0.260 e. The number of nitrogens with one attached hydrogen (secondary N) is 1. The first-order chi connectivity index (χ1) is 11.5. The molecule has 0 fully saturated rings. The number of hydrogen-bond donors (Lipinski definition) is 1. The van der Waals surface area contributed by atoms with Crippen LogP contribution in [-0.2, 0) is 11.2 Å². The van der Waals surface area contributed by atoms with Crippen LogP contribution >= 0.6 is 11.6 Å². The van der Waals surface area contributed by atoms with E-state index in [1.165, 1.54) is 11.1 Å². The fourth-order valence-electron chi connectivity index (χ4n) is 2.34. The zero-order valence-corrected chi connectivity index (χ0v) is 15.1. The van der Waals surface area contributed by atoms with Crippen LogP contribution < -0.4 is 10.1 Å². The molecular formula is C20H24ClNO2. The third kappa shape index (κ3) is 5.57. The fraction of sp³-hybridized carbons (Fsp3) is 0.350. The monoisotopic (exact) mass is 345 g/mol. The molecule has 0 heterocycles. The van der Waals surface area contributed by atoms with E-state index in [1.54, 1.807) is 31.2 Å². The third-order valence-corrected chi connectivity index (χ3v) is 4.07. The van der Waals surface area contributed by atoms with Gasteiger partial charge in [0, 0.05) is 11.6 Å². The van der Waals surface area contributed by atoms with Crippen LogP contribution in [0.4, 0.5) is 0 Å². The normalized spacial score (nSPS) is 12.0. The summed E-state index contributed by atoms with van der Waals surface area (Å²) in [5.41, 5.74) is 2.54. The highest BCUT2D eigenvalue weighted by molar-refractivity contribution is 6.30. The topological polar surface area (TPSA) is 38.3 Å². The predicted octanol–water partition coefficient (Wildman–Crippen LogP) is 4.59. The van der Waals surface area contributed by atoms with Crippen LogP contribution in [-0.4, -0.2) is 18.6 Å². The molecule has 0 unspecified atom stereocenters. The summed E-state index contributed by atoms with van der Waals surface area (Å²) >= 11 is 5.91. The van der Waals surface area contributed by atoms with Crippen LogP contribution in [0.1, 0.15) is 37.8 Å². The molecule has 0 spiro atoms. The minimum absolute atomic E-state index is 0.131. The minimum atomic E-state index is -0.563. The molecule has 0 bridgehead atoms. The number of halogens is 1. The summed E-state index contributed by atoms with van der Waals surface area (Å²) in [7, 11) is 0. The Labute approximate surface area is 149 Å². The van der Waals surface area contributed by atoms with Crippen molar-refractivity contribution in [3.63, 3.8) is 0 Å². The van der Waals surface area contributed by atoms with Gasteiger partial charge in [0.1, 0.15) is 5.75 Å². The third-order valence-electron chi connectivity index (χ3n) is 3.84. The molecule has 0 saturated carbocycles. The first-order valence-electron chi connectivity index (χ1n) is 8.24. The van der Waals surface area contributed by atoms with Gasteiger partial charge in [-0.1, -0.05) is 55.8 Å². The lowest BCUT2D eigenvalue weighted by Crippen LogP contribution is -2.37. The SMILES string of the molecule is CC(C)c1ccc(CCNC(=O)[C@@H](C)Oc2cccc(Cl)c2)cc1. The van der Waals surface area contributed by atoms with Crippen LogP contribution in [0.3, 0.4) is 0 Å². The van der Waals surface area contributed by atoms with Gasteiger partial charge in [-0.05, 0) is 48.6 Å². The van der Waals surface area contributed by atoms with Gasteiger partial charge in [0.2, 0.25) is 0 Å². The van der Waals surface area contributed by atoms with E-state index in [0.717, 1.165) is 6.42 Å². The second-order valence-corrected chi connectivity index (χ2v) is 6.59. The Kier molecular flexibility index (Phi) is 6.68. The van der Waals surface area contributed by atoms with Gasteiger partial charge in [0.05, 0.1) is 0 Å². The number of ether oxygens (including phenoxy) is 1. The second kappa shape index (κ2) is 8.74. The van der Waals surface area contributed by atoms with Gasteiger partial charge in [-0.2, -0.15) is 0 Å². The van der Waals surface area contributed by atoms with Crippen molar-refractivity contribution >= 4 is 17.5 Å². The number of rotatable bonds is 7. The van der Waals surface area contributed by atoms with E-state index >= 15 is 0 Å². The standard InChI is InChI=1S/C20H24ClNO2/c1-14(2)17-9-7-16(8-10-17)11-12-22-20(23)15(3)24-19-6-4-5-18(21)13-19/h4-10,13-15H,11-12H2,1-3H3,(H,22,23)/t15-/m1/s1. The van der Waals surface area contributed by atoms with Crippen molar-refractivity contribution in [2.24, 2.45) is 0 Å².